The highest BCUT2D eigenvalue weighted by molar-refractivity contribution is 5.97. The van der Waals surface area contributed by atoms with Crippen LogP contribution in [0.15, 0.2) is 39.9 Å². The Balaban J connectivity index is 2.64. The van der Waals surface area contributed by atoms with Crippen molar-refractivity contribution < 1.29 is 0 Å². The lowest BCUT2D eigenvalue weighted by atomic mass is 9.98. The SMILES string of the molecule is Cn1c(=O)[nH]c2nc(N)c(C#N)c(-c3ccccc3)c2c1=O. The third-order valence-electron chi connectivity index (χ3n) is 3.45. The van der Waals surface area contributed by atoms with Crippen LogP contribution in [0.25, 0.3) is 22.2 Å². The number of nitrogen functional groups attached to an aromatic ring is 1. The van der Waals surface area contributed by atoms with Crippen LogP contribution in [0, 0.1) is 11.3 Å². The van der Waals surface area contributed by atoms with E-state index in [0.29, 0.717) is 11.1 Å². The lowest BCUT2D eigenvalue weighted by Gasteiger charge is -2.11. The minimum atomic E-state index is -0.590. The van der Waals surface area contributed by atoms with Crippen LogP contribution in [0.3, 0.4) is 0 Å². The zero-order valence-corrected chi connectivity index (χ0v) is 11.6. The van der Waals surface area contributed by atoms with Crippen molar-refractivity contribution in [1.29, 1.82) is 5.26 Å². The Kier molecular flexibility index (Phi) is 3.00. The third-order valence-corrected chi connectivity index (χ3v) is 3.45. The Morgan fingerprint density at radius 3 is 2.59 bits per heavy atom. The number of nitrogens with one attached hydrogen (secondary N) is 1. The summed E-state index contributed by atoms with van der Waals surface area (Å²) < 4.78 is 0.938. The van der Waals surface area contributed by atoms with Gasteiger partial charge in [0.2, 0.25) is 0 Å². The highest BCUT2D eigenvalue weighted by Gasteiger charge is 2.19. The van der Waals surface area contributed by atoms with Gasteiger partial charge in [-0.05, 0) is 5.56 Å². The Morgan fingerprint density at radius 1 is 1.27 bits per heavy atom. The number of aromatic amines is 1. The largest absolute Gasteiger partial charge is 0.383 e. The molecule has 7 nitrogen and oxygen atoms in total. The van der Waals surface area contributed by atoms with Gasteiger partial charge >= 0.3 is 5.69 Å². The van der Waals surface area contributed by atoms with Crippen molar-refractivity contribution in [2.75, 3.05) is 5.73 Å². The molecule has 2 aromatic heterocycles. The van der Waals surface area contributed by atoms with Gasteiger partial charge in [0.05, 0.1) is 5.39 Å². The molecule has 0 unspecified atom stereocenters. The van der Waals surface area contributed by atoms with Gasteiger partial charge in [-0.15, -0.1) is 0 Å². The molecule has 0 amide bonds. The molecule has 0 fully saturated rings. The molecule has 0 spiro atoms. The van der Waals surface area contributed by atoms with Gasteiger partial charge in [0, 0.05) is 12.6 Å². The molecule has 0 aliphatic rings. The van der Waals surface area contributed by atoms with Crippen LogP contribution in [0.4, 0.5) is 5.82 Å². The van der Waals surface area contributed by atoms with E-state index in [1.54, 1.807) is 24.3 Å². The van der Waals surface area contributed by atoms with Crippen LogP contribution in [-0.2, 0) is 7.05 Å². The number of anilines is 1. The van der Waals surface area contributed by atoms with Crippen LogP contribution in [0.5, 0.6) is 0 Å². The highest BCUT2D eigenvalue weighted by atomic mass is 16.2. The molecule has 0 bridgehead atoms. The van der Waals surface area contributed by atoms with Crippen molar-refractivity contribution in [3.8, 4) is 17.2 Å². The molecule has 0 aliphatic carbocycles. The molecule has 3 rings (SSSR count). The predicted octanol–water partition coefficient (Wildman–Crippen LogP) is 0.743. The van der Waals surface area contributed by atoms with E-state index in [0.717, 1.165) is 4.57 Å². The molecule has 2 heterocycles. The Morgan fingerprint density at radius 2 is 1.95 bits per heavy atom. The smallest absolute Gasteiger partial charge is 0.329 e. The first-order chi connectivity index (χ1) is 10.5. The second kappa shape index (κ2) is 4.86. The molecular weight excluding hydrogens is 282 g/mol. The number of hydrogen-bond acceptors (Lipinski definition) is 5. The molecular formula is C15H11N5O2. The molecule has 0 atom stereocenters. The molecule has 0 saturated carbocycles. The average Bonchev–Trinajstić information content (AvgIpc) is 2.52. The van der Waals surface area contributed by atoms with Crippen molar-refractivity contribution in [1.82, 2.24) is 14.5 Å². The number of fused-ring (bicyclic) bond motifs is 1. The van der Waals surface area contributed by atoms with E-state index < -0.39 is 11.2 Å². The summed E-state index contributed by atoms with van der Waals surface area (Å²) in [5.74, 6) is -0.0299. The number of nitrogens with zero attached hydrogens (tertiary/aromatic N) is 3. The van der Waals surface area contributed by atoms with Gasteiger partial charge in [-0.3, -0.25) is 14.3 Å². The fourth-order valence-electron chi connectivity index (χ4n) is 2.35. The van der Waals surface area contributed by atoms with E-state index in [4.69, 9.17) is 5.73 Å². The molecule has 7 heteroatoms. The van der Waals surface area contributed by atoms with Gasteiger partial charge in [0.15, 0.2) is 0 Å². The van der Waals surface area contributed by atoms with Gasteiger partial charge < -0.3 is 5.73 Å². The fraction of sp³-hybridized carbons (Fsp3) is 0.0667. The summed E-state index contributed by atoms with van der Waals surface area (Å²) in [6, 6.07) is 10.9. The van der Waals surface area contributed by atoms with Crippen LogP contribution < -0.4 is 17.0 Å². The van der Waals surface area contributed by atoms with E-state index in [2.05, 4.69) is 9.97 Å². The predicted molar refractivity (Wildman–Crippen MR) is 82.2 cm³/mol. The summed E-state index contributed by atoms with van der Waals surface area (Å²) >= 11 is 0. The lowest BCUT2D eigenvalue weighted by Crippen LogP contribution is -2.33. The third kappa shape index (κ3) is 1.86. The van der Waals surface area contributed by atoms with Crippen LogP contribution in [-0.4, -0.2) is 14.5 Å². The van der Waals surface area contributed by atoms with Crippen LogP contribution in [0.1, 0.15) is 5.56 Å². The number of aromatic nitrogens is 3. The van der Waals surface area contributed by atoms with Gasteiger partial charge in [0.1, 0.15) is 23.1 Å². The molecule has 1 aromatic carbocycles. The standard InChI is InChI=1S/C15H11N5O2/c1-20-14(21)11-10(8-5-3-2-4-6-8)9(7-16)12(17)18-13(11)19-15(20)22/h2-6H,1H3,(H3,17,18,19,22). The van der Waals surface area contributed by atoms with Crippen molar-refractivity contribution >= 4 is 16.9 Å². The molecule has 0 radical (unpaired) electrons. The maximum absolute atomic E-state index is 12.5. The van der Waals surface area contributed by atoms with Crippen LogP contribution in [0.2, 0.25) is 0 Å². The van der Waals surface area contributed by atoms with E-state index in [1.807, 2.05) is 12.1 Å². The normalized spacial score (nSPS) is 10.5. The van der Waals surface area contributed by atoms with Crippen LogP contribution >= 0.6 is 0 Å². The van der Waals surface area contributed by atoms with Gasteiger partial charge in [-0.25, -0.2) is 9.78 Å². The summed E-state index contributed by atoms with van der Waals surface area (Å²) in [7, 11) is 1.36. The van der Waals surface area contributed by atoms with Crippen molar-refractivity contribution in [3.05, 3.63) is 56.7 Å². The van der Waals surface area contributed by atoms with Gasteiger partial charge in [-0.2, -0.15) is 5.26 Å². The first-order valence-corrected chi connectivity index (χ1v) is 6.42. The summed E-state index contributed by atoms with van der Waals surface area (Å²) in [5, 5.41) is 9.55. The minimum absolute atomic E-state index is 0.0299. The Labute approximate surface area is 124 Å². The summed E-state index contributed by atoms with van der Waals surface area (Å²) in [4.78, 5) is 30.7. The molecule has 3 aromatic rings. The molecule has 22 heavy (non-hydrogen) atoms. The minimum Gasteiger partial charge on any atom is -0.383 e. The summed E-state index contributed by atoms with van der Waals surface area (Å²) in [6.07, 6.45) is 0. The first kappa shape index (κ1) is 13.6. The van der Waals surface area contributed by atoms with E-state index in [-0.39, 0.29) is 22.4 Å². The second-order valence-corrected chi connectivity index (χ2v) is 4.74. The molecule has 0 saturated heterocycles. The monoisotopic (exact) mass is 293 g/mol. The average molecular weight is 293 g/mol. The molecule has 3 N–H and O–H groups in total. The maximum Gasteiger partial charge on any atom is 0.329 e. The number of nitriles is 1. The number of benzene rings is 1. The number of pyridine rings is 1. The number of H-pyrrole nitrogens is 1. The zero-order valence-electron chi connectivity index (χ0n) is 11.6. The van der Waals surface area contributed by atoms with Crippen molar-refractivity contribution in [3.63, 3.8) is 0 Å². The first-order valence-electron chi connectivity index (χ1n) is 6.42. The highest BCUT2D eigenvalue weighted by Crippen LogP contribution is 2.30. The zero-order chi connectivity index (χ0) is 15.9. The van der Waals surface area contributed by atoms with E-state index in [9.17, 15) is 14.9 Å². The number of hydrogen-bond donors (Lipinski definition) is 2. The lowest BCUT2D eigenvalue weighted by molar-refractivity contribution is 0.791. The Bertz CT molecular complexity index is 1040. The second-order valence-electron chi connectivity index (χ2n) is 4.74. The van der Waals surface area contributed by atoms with E-state index in [1.165, 1.54) is 7.05 Å². The van der Waals surface area contributed by atoms with Gasteiger partial charge in [-0.1, -0.05) is 30.3 Å². The summed E-state index contributed by atoms with van der Waals surface area (Å²) in [5.41, 5.74) is 5.91. The number of rotatable bonds is 1. The molecule has 0 aliphatic heterocycles. The van der Waals surface area contributed by atoms with Gasteiger partial charge in [0.25, 0.3) is 5.56 Å². The van der Waals surface area contributed by atoms with E-state index >= 15 is 0 Å². The topological polar surface area (TPSA) is 118 Å². The fourth-order valence-corrected chi connectivity index (χ4v) is 2.35. The molecule has 108 valence electrons. The van der Waals surface area contributed by atoms with Crippen molar-refractivity contribution in [2.45, 2.75) is 0 Å². The number of nitrogens with two attached hydrogens (primary N) is 1. The summed E-state index contributed by atoms with van der Waals surface area (Å²) in [6.45, 7) is 0. The quantitative estimate of drug-likeness (QED) is 0.686. The maximum atomic E-state index is 12.5. The Hall–Kier alpha value is -3.40. The van der Waals surface area contributed by atoms with Crippen molar-refractivity contribution in [2.24, 2.45) is 7.05 Å².